The van der Waals surface area contributed by atoms with Crippen molar-refractivity contribution in [1.29, 1.82) is 0 Å². The van der Waals surface area contributed by atoms with Gasteiger partial charge in [-0.25, -0.2) is 0 Å². The molecule has 5 nitrogen and oxygen atoms in total. The molecule has 0 aromatic carbocycles. The number of nitrogens with zero attached hydrogens (tertiary/aromatic N) is 2. The maximum absolute atomic E-state index is 11.7. The zero-order valence-corrected chi connectivity index (χ0v) is 12.5. The van der Waals surface area contributed by atoms with E-state index in [0.29, 0.717) is 19.2 Å². The molecule has 5 heteroatoms. The minimum absolute atomic E-state index is 0.00133. The fourth-order valence-electron chi connectivity index (χ4n) is 2.58. The van der Waals surface area contributed by atoms with E-state index in [1.165, 1.54) is 0 Å². The number of aromatic nitrogens is 1. The minimum Gasteiger partial charge on any atom is -0.383 e. The first kappa shape index (κ1) is 15.6. The molecule has 0 atom stereocenters. The van der Waals surface area contributed by atoms with Crippen LogP contribution in [0, 0.1) is 12.3 Å². The molecule has 0 radical (unpaired) electrons. The molecule has 2 rings (SSSR count). The van der Waals surface area contributed by atoms with Gasteiger partial charge < -0.3 is 14.6 Å². The fraction of sp³-hybridized carbons (Fsp3) is 0.562. The number of terminal acetylenes is 1. The Labute approximate surface area is 125 Å². The van der Waals surface area contributed by atoms with E-state index in [0.717, 1.165) is 38.2 Å². The van der Waals surface area contributed by atoms with Crippen molar-refractivity contribution in [2.45, 2.75) is 25.4 Å². The Morgan fingerprint density at radius 3 is 2.86 bits per heavy atom. The summed E-state index contributed by atoms with van der Waals surface area (Å²) in [7, 11) is 1.64. The van der Waals surface area contributed by atoms with E-state index in [1.54, 1.807) is 17.7 Å². The summed E-state index contributed by atoms with van der Waals surface area (Å²) in [5.41, 5.74) is 0.988. The van der Waals surface area contributed by atoms with Gasteiger partial charge >= 0.3 is 0 Å². The van der Waals surface area contributed by atoms with Gasteiger partial charge in [0.25, 0.3) is 5.56 Å². The van der Waals surface area contributed by atoms with Gasteiger partial charge in [-0.2, -0.15) is 0 Å². The summed E-state index contributed by atoms with van der Waals surface area (Å²) in [4.78, 5) is 14.0. The van der Waals surface area contributed by atoms with Gasteiger partial charge in [0.15, 0.2) is 0 Å². The van der Waals surface area contributed by atoms with E-state index in [-0.39, 0.29) is 5.56 Å². The molecule has 1 N–H and O–H groups in total. The molecule has 114 valence electrons. The first-order valence-electron chi connectivity index (χ1n) is 7.34. The third kappa shape index (κ3) is 4.62. The van der Waals surface area contributed by atoms with Crippen LogP contribution < -0.4 is 10.9 Å². The maximum atomic E-state index is 11.7. The predicted octanol–water partition coefficient (Wildman–Crippen LogP) is 1.00. The molecule has 0 amide bonds. The van der Waals surface area contributed by atoms with E-state index in [2.05, 4.69) is 16.1 Å². The number of nitrogens with one attached hydrogen (secondary N) is 1. The number of piperidine rings is 1. The second kappa shape index (κ2) is 7.87. The molecule has 21 heavy (non-hydrogen) atoms. The monoisotopic (exact) mass is 289 g/mol. The van der Waals surface area contributed by atoms with Crippen LogP contribution in [0.15, 0.2) is 23.1 Å². The Bertz CT molecular complexity index is 539. The van der Waals surface area contributed by atoms with Crippen molar-refractivity contribution in [3.63, 3.8) is 0 Å². The van der Waals surface area contributed by atoms with Crippen molar-refractivity contribution in [3.05, 3.63) is 28.7 Å². The largest absolute Gasteiger partial charge is 0.383 e. The third-order valence-corrected chi connectivity index (χ3v) is 3.79. The first-order valence-corrected chi connectivity index (χ1v) is 7.34. The zero-order chi connectivity index (χ0) is 15.1. The van der Waals surface area contributed by atoms with Crippen LogP contribution in [0.5, 0.6) is 0 Å². The molecule has 0 saturated carbocycles. The highest BCUT2D eigenvalue weighted by Crippen LogP contribution is 2.15. The Hall–Kier alpha value is -1.77. The van der Waals surface area contributed by atoms with Crippen LogP contribution in [-0.4, -0.2) is 48.9 Å². The summed E-state index contributed by atoms with van der Waals surface area (Å²) in [6.45, 7) is 3.88. The van der Waals surface area contributed by atoms with Gasteiger partial charge in [-0.05, 0) is 18.9 Å². The number of pyridine rings is 1. The molecule has 1 aliphatic rings. The Morgan fingerprint density at radius 2 is 2.19 bits per heavy atom. The zero-order valence-electron chi connectivity index (χ0n) is 12.5. The van der Waals surface area contributed by atoms with E-state index < -0.39 is 0 Å². The number of anilines is 1. The topological polar surface area (TPSA) is 46.5 Å². The van der Waals surface area contributed by atoms with Gasteiger partial charge in [-0.1, -0.05) is 5.92 Å². The van der Waals surface area contributed by atoms with Gasteiger partial charge in [0.1, 0.15) is 0 Å². The molecule has 1 saturated heterocycles. The number of methoxy groups -OCH3 is 1. The second-order valence-corrected chi connectivity index (χ2v) is 5.34. The number of ether oxygens (including phenoxy) is 1. The Kier molecular flexibility index (Phi) is 5.85. The average Bonchev–Trinajstić information content (AvgIpc) is 2.50. The van der Waals surface area contributed by atoms with Gasteiger partial charge in [0, 0.05) is 45.0 Å². The summed E-state index contributed by atoms with van der Waals surface area (Å²) in [5, 5.41) is 3.51. The summed E-state index contributed by atoms with van der Waals surface area (Å²) in [6.07, 6.45) is 9.35. The van der Waals surface area contributed by atoms with E-state index in [4.69, 9.17) is 11.2 Å². The molecular formula is C16H23N3O2. The van der Waals surface area contributed by atoms with Crippen LogP contribution in [0.2, 0.25) is 0 Å². The van der Waals surface area contributed by atoms with Crippen molar-refractivity contribution in [2.24, 2.45) is 0 Å². The molecule has 0 bridgehead atoms. The Morgan fingerprint density at radius 1 is 1.43 bits per heavy atom. The van der Waals surface area contributed by atoms with Crippen molar-refractivity contribution >= 4 is 5.69 Å². The lowest BCUT2D eigenvalue weighted by molar-refractivity contribution is 0.186. The molecule has 1 fully saturated rings. The van der Waals surface area contributed by atoms with E-state index >= 15 is 0 Å². The van der Waals surface area contributed by atoms with Gasteiger partial charge in [0.2, 0.25) is 0 Å². The summed E-state index contributed by atoms with van der Waals surface area (Å²) in [6, 6.07) is 3.89. The highest BCUT2D eigenvalue weighted by molar-refractivity contribution is 5.41. The molecule has 0 spiro atoms. The molecule has 1 aromatic rings. The van der Waals surface area contributed by atoms with Crippen molar-refractivity contribution in [2.75, 3.05) is 38.7 Å². The molecule has 0 unspecified atom stereocenters. The molecular weight excluding hydrogens is 266 g/mol. The van der Waals surface area contributed by atoms with Gasteiger partial charge in [-0.3, -0.25) is 9.69 Å². The number of hydrogen-bond acceptors (Lipinski definition) is 4. The van der Waals surface area contributed by atoms with Gasteiger partial charge in [-0.15, -0.1) is 6.42 Å². The molecule has 1 aliphatic heterocycles. The quantitative estimate of drug-likeness (QED) is 0.794. The maximum Gasteiger partial charge on any atom is 0.250 e. The van der Waals surface area contributed by atoms with Crippen LogP contribution in [0.4, 0.5) is 5.69 Å². The summed E-state index contributed by atoms with van der Waals surface area (Å²) < 4.78 is 6.70. The third-order valence-electron chi connectivity index (χ3n) is 3.79. The lowest BCUT2D eigenvalue weighted by Gasteiger charge is -2.31. The number of likely N-dealkylation sites (tertiary alicyclic amines) is 1. The van der Waals surface area contributed by atoms with Crippen molar-refractivity contribution in [3.8, 4) is 12.3 Å². The van der Waals surface area contributed by atoms with E-state index in [1.807, 2.05) is 12.3 Å². The highest BCUT2D eigenvalue weighted by Gasteiger charge is 2.18. The number of hydrogen-bond donors (Lipinski definition) is 1. The van der Waals surface area contributed by atoms with E-state index in [9.17, 15) is 4.79 Å². The predicted molar refractivity (Wildman–Crippen MR) is 84.5 cm³/mol. The normalized spacial score (nSPS) is 16.6. The lowest BCUT2D eigenvalue weighted by Crippen LogP contribution is -2.39. The van der Waals surface area contributed by atoms with Crippen LogP contribution in [0.3, 0.4) is 0 Å². The standard InChI is InChI=1S/C16H23N3O2/c1-3-8-18-9-6-14(7-10-18)17-15-4-5-16(20)19(13-15)11-12-21-2/h1,4-5,13-14,17H,6-12H2,2H3. The first-order chi connectivity index (χ1) is 10.2. The summed E-state index contributed by atoms with van der Waals surface area (Å²) in [5.74, 6) is 2.69. The van der Waals surface area contributed by atoms with Crippen LogP contribution in [0.1, 0.15) is 12.8 Å². The smallest absolute Gasteiger partial charge is 0.250 e. The molecule has 2 heterocycles. The van der Waals surface area contributed by atoms with Crippen molar-refractivity contribution < 1.29 is 4.74 Å². The SMILES string of the molecule is C#CCN1CCC(Nc2ccc(=O)n(CCOC)c2)CC1. The minimum atomic E-state index is 0.00133. The van der Waals surface area contributed by atoms with Gasteiger partial charge in [0.05, 0.1) is 18.8 Å². The van der Waals surface area contributed by atoms with Crippen LogP contribution in [-0.2, 0) is 11.3 Å². The Balaban J connectivity index is 1.91. The van der Waals surface area contributed by atoms with Crippen LogP contribution in [0.25, 0.3) is 0 Å². The molecule has 1 aromatic heterocycles. The number of rotatable bonds is 6. The fourth-order valence-corrected chi connectivity index (χ4v) is 2.58. The molecule has 0 aliphatic carbocycles. The van der Waals surface area contributed by atoms with Crippen molar-refractivity contribution in [1.82, 2.24) is 9.47 Å². The highest BCUT2D eigenvalue weighted by atomic mass is 16.5. The lowest BCUT2D eigenvalue weighted by atomic mass is 10.0. The second-order valence-electron chi connectivity index (χ2n) is 5.34. The summed E-state index contributed by atoms with van der Waals surface area (Å²) >= 11 is 0. The van der Waals surface area contributed by atoms with Crippen LogP contribution >= 0.6 is 0 Å². The average molecular weight is 289 g/mol.